The molecular formula is C17H30O2. The first-order valence-electron chi connectivity index (χ1n) is 8.01. The van der Waals surface area contributed by atoms with Crippen LogP contribution in [-0.2, 0) is 9.53 Å². The number of fused-ring (bicyclic) bond motifs is 2. The predicted molar refractivity (Wildman–Crippen MR) is 77.7 cm³/mol. The summed E-state index contributed by atoms with van der Waals surface area (Å²) in [5, 5.41) is 0. The third kappa shape index (κ3) is 2.21. The molecule has 0 heterocycles. The Bertz CT molecular complexity index is 356. The van der Waals surface area contributed by atoms with E-state index in [0.29, 0.717) is 11.8 Å². The molecule has 2 saturated carbocycles. The van der Waals surface area contributed by atoms with Crippen LogP contribution in [0.2, 0.25) is 0 Å². The van der Waals surface area contributed by atoms with Crippen molar-refractivity contribution in [2.24, 2.45) is 29.1 Å². The van der Waals surface area contributed by atoms with Crippen molar-refractivity contribution in [3.8, 4) is 0 Å². The number of hydrogen-bond donors (Lipinski definition) is 0. The summed E-state index contributed by atoms with van der Waals surface area (Å²) >= 11 is 0. The summed E-state index contributed by atoms with van der Waals surface area (Å²) in [6.45, 7) is 13.1. The van der Waals surface area contributed by atoms with Crippen LogP contribution in [0, 0.1) is 29.1 Å². The van der Waals surface area contributed by atoms with Crippen LogP contribution < -0.4 is 0 Å². The lowest BCUT2D eigenvalue weighted by molar-refractivity contribution is -0.175. The van der Waals surface area contributed by atoms with Crippen LogP contribution in [0.15, 0.2) is 0 Å². The van der Waals surface area contributed by atoms with E-state index in [-0.39, 0.29) is 17.0 Å². The Kier molecular flexibility index (Phi) is 3.75. The van der Waals surface area contributed by atoms with E-state index in [1.54, 1.807) is 0 Å². The summed E-state index contributed by atoms with van der Waals surface area (Å²) < 4.78 is 5.92. The lowest BCUT2D eigenvalue weighted by atomic mass is 9.66. The Morgan fingerprint density at radius 1 is 1.26 bits per heavy atom. The second-order valence-corrected chi connectivity index (χ2v) is 7.49. The van der Waals surface area contributed by atoms with E-state index in [0.717, 1.165) is 31.1 Å². The Labute approximate surface area is 118 Å². The van der Waals surface area contributed by atoms with Gasteiger partial charge in [0, 0.05) is 0 Å². The van der Waals surface area contributed by atoms with Crippen molar-refractivity contribution >= 4 is 5.97 Å². The number of carbonyl (C=O) groups excluding carboxylic acids is 1. The van der Waals surface area contributed by atoms with E-state index < -0.39 is 0 Å². The minimum absolute atomic E-state index is 0.0601. The molecule has 0 radical (unpaired) electrons. The second-order valence-electron chi connectivity index (χ2n) is 7.49. The average molecular weight is 266 g/mol. The number of rotatable bonds is 4. The molecule has 0 aromatic heterocycles. The summed E-state index contributed by atoms with van der Waals surface area (Å²) in [6.07, 6.45) is 4.05. The third-order valence-corrected chi connectivity index (χ3v) is 6.57. The molecule has 5 atom stereocenters. The summed E-state index contributed by atoms with van der Waals surface area (Å²) in [5.41, 5.74) is -0.515. The van der Waals surface area contributed by atoms with Crippen molar-refractivity contribution in [2.75, 3.05) is 0 Å². The first kappa shape index (κ1) is 14.9. The van der Waals surface area contributed by atoms with Crippen LogP contribution in [-0.4, -0.2) is 11.6 Å². The van der Waals surface area contributed by atoms with Gasteiger partial charge in [-0.05, 0) is 63.2 Å². The standard InChI is InChI=1S/C17H30O2/c1-7-16(5,8-2)19-15(18)17(6)10-13-9-14(17)12(4)11(13)3/h11-14H,7-10H2,1-6H3. The normalized spacial score (nSPS) is 41.6. The molecule has 0 aliphatic heterocycles. The van der Waals surface area contributed by atoms with Gasteiger partial charge in [-0.2, -0.15) is 0 Å². The van der Waals surface area contributed by atoms with Crippen molar-refractivity contribution in [1.29, 1.82) is 0 Å². The van der Waals surface area contributed by atoms with Gasteiger partial charge in [0.15, 0.2) is 0 Å². The van der Waals surface area contributed by atoms with Crippen LogP contribution in [0.25, 0.3) is 0 Å². The Morgan fingerprint density at radius 2 is 1.84 bits per heavy atom. The molecule has 2 heteroatoms. The van der Waals surface area contributed by atoms with Gasteiger partial charge in [0.25, 0.3) is 0 Å². The molecule has 2 bridgehead atoms. The maximum Gasteiger partial charge on any atom is 0.312 e. The molecular weight excluding hydrogens is 236 g/mol. The number of carbonyl (C=O) groups is 1. The highest BCUT2D eigenvalue weighted by molar-refractivity contribution is 5.78. The SMILES string of the molecule is CCC(C)(CC)OC(=O)C1(C)CC2CC1C(C)C2C. The van der Waals surface area contributed by atoms with Crippen molar-refractivity contribution in [3.05, 3.63) is 0 Å². The molecule has 2 aliphatic carbocycles. The lowest BCUT2D eigenvalue weighted by Gasteiger charge is -2.40. The monoisotopic (exact) mass is 266 g/mol. The van der Waals surface area contributed by atoms with Gasteiger partial charge in [-0.15, -0.1) is 0 Å². The molecule has 0 saturated heterocycles. The second kappa shape index (κ2) is 4.79. The zero-order chi connectivity index (χ0) is 14.4. The summed E-state index contributed by atoms with van der Waals surface area (Å²) in [6, 6.07) is 0. The first-order chi connectivity index (χ1) is 8.77. The Morgan fingerprint density at radius 3 is 2.26 bits per heavy atom. The van der Waals surface area contributed by atoms with E-state index in [9.17, 15) is 4.79 Å². The van der Waals surface area contributed by atoms with Crippen molar-refractivity contribution in [1.82, 2.24) is 0 Å². The molecule has 5 unspecified atom stereocenters. The minimum atomic E-state index is -0.281. The Balaban J connectivity index is 2.12. The molecule has 0 N–H and O–H groups in total. The molecule has 110 valence electrons. The fourth-order valence-electron chi connectivity index (χ4n) is 4.33. The highest BCUT2D eigenvalue weighted by atomic mass is 16.6. The summed E-state index contributed by atoms with van der Waals surface area (Å²) in [5.74, 6) is 2.75. The number of esters is 1. The van der Waals surface area contributed by atoms with Gasteiger partial charge < -0.3 is 4.74 Å². The zero-order valence-electron chi connectivity index (χ0n) is 13.5. The molecule has 2 rings (SSSR count). The maximum absolute atomic E-state index is 12.7. The van der Waals surface area contributed by atoms with Crippen molar-refractivity contribution < 1.29 is 9.53 Å². The number of hydrogen-bond acceptors (Lipinski definition) is 2. The fourth-order valence-corrected chi connectivity index (χ4v) is 4.33. The quantitative estimate of drug-likeness (QED) is 0.704. The maximum atomic E-state index is 12.7. The van der Waals surface area contributed by atoms with Crippen LogP contribution in [0.5, 0.6) is 0 Å². The lowest BCUT2D eigenvalue weighted by Crippen LogP contribution is -2.44. The molecule has 0 spiro atoms. The van der Waals surface area contributed by atoms with Crippen molar-refractivity contribution in [3.63, 3.8) is 0 Å². The summed E-state index contributed by atoms with van der Waals surface area (Å²) in [4.78, 5) is 12.7. The van der Waals surface area contributed by atoms with Gasteiger partial charge in [-0.1, -0.05) is 27.7 Å². The first-order valence-corrected chi connectivity index (χ1v) is 8.01. The van der Waals surface area contributed by atoms with Gasteiger partial charge in [-0.3, -0.25) is 4.79 Å². The van der Waals surface area contributed by atoms with Gasteiger partial charge >= 0.3 is 5.97 Å². The largest absolute Gasteiger partial charge is 0.459 e. The van der Waals surface area contributed by atoms with E-state index in [2.05, 4.69) is 41.5 Å². The fraction of sp³-hybridized carbons (Fsp3) is 0.941. The van der Waals surface area contributed by atoms with Crippen LogP contribution in [0.1, 0.15) is 67.2 Å². The summed E-state index contributed by atoms with van der Waals surface area (Å²) in [7, 11) is 0. The smallest absolute Gasteiger partial charge is 0.312 e. The van der Waals surface area contributed by atoms with Gasteiger partial charge in [-0.25, -0.2) is 0 Å². The third-order valence-electron chi connectivity index (χ3n) is 6.57. The van der Waals surface area contributed by atoms with Crippen LogP contribution in [0.4, 0.5) is 0 Å². The van der Waals surface area contributed by atoms with Crippen LogP contribution >= 0.6 is 0 Å². The molecule has 2 aliphatic rings. The topological polar surface area (TPSA) is 26.3 Å². The minimum Gasteiger partial charge on any atom is -0.459 e. The Hall–Kier alpha value is -0.530. The van der Waals surface area contributed by atoms with Gasteiger partial charge in [0.05, 0.1) is 5.41 Å². The van der Waals surface area contributed by atoms with E-state index >= 15 is 0 Å². The van der Waals surface area contributed by atoms with Gasteiger partial charge in [0.2, 0.25) is 0 Å². The highest BCUT2D eigenvalue weighted by Gasteiger charge is 2.59. The molecule has 19 heavy (non-hydrogen) atoms. The number of ether oxygens (including phenoxy) is 1. The predicted octanol–water partition coefficient (Wildman–Crippen LogP) is 4.43. The molecule has 2 fully saturated rings. The molecule has 2 nitrogen and oxygen atoms in total. The molecule has 0 aromatic rings. The van der Waals surface area contributed by atoms with Gasteiger partial charge in [0.1, 0.15) is 5.60 Å². The van der Waals surface area contributed by atoms with Crippen LogP contribution in [0.3, 0.4) is 0 Å². The highest BCUT2D eigenvalue weighted by Crippen LogP contribution is 2.61. The van der Waals surface area contributed by atoms with E-state index in [1.807, 2.05) is 0 Å². The molecule has 0 aromatic carbocycles. The average Bonchev–Trinajstić information content (AvgIpc) is 2.87. The van der Waals surface area contributed by atoms with E-state index in [1.165, 1.54) is 6.42 Å². The molecule has 0 amide bonds. The van der Waals surface area contributed by atoms with Crippen molar-refractivity contribution in [2.45, 2.75) is 72.8 Å². The van der Waals surface area contributed by atoms with E-state index in [4.69, 9.17) is 4.74 Å². The zero-order valence-corrected chi connectivity index (χ0v) is 13.5.